The average Bonchev–Trinajstić information content (AvgIpc) is 2.58. The summed E-state index contributed by atoms with van der Waals surface area (Å²) in [5, 5.41) is 12.7. The summed E-state index contributed by atoms with van der Waals surface area (Å²) in [4.78, 5) is 15.0. The number of nitrogens with zero attached hydrogens (tertiary/aromatic N) is 1. The van der Waals surface area contributed by atoms with Gasteiger partial charge in [-0.2, -0.15) is 0 Å². The topological polar surface area (TPSA) is 62.2 Å². The Labute approximate surface area is 94.5 Å². The number of hydrogen-bond donors (Lipinski definition) is 2. The Hall–Kier alpha value is -1.33. The monoisotopic (exact) mass is 242 g/mol. The molecular weight excluding hydrogens is 236 g/mol. The van der Waals surface area contributed by atoms with Crippen LogP contribution in [0.3, 0.4) is 0 Å². The Morgan fingerprint density at radius 2 is 2.33 bits per heavy atom. The highest BCUT2D eigenvalue weighted by Crippen LogP contribution is 2.30. The fraction of sp³-hybridized carbons (Fsp3) is 0.111. The summed E-state index contributed by atoms with van der Waals surface area (Å²) in [5.74, 6) is -1.04. The Balaban J connectivity index is 2.68. The molecule has 0 spiro atoms. The van der Waals surface area contributed by atoms with Crippen LogP contribution in [0.5, 0.6) is 0 Å². The minimum Gasteiger partial charge on any atom is -0.478 e. The Bertz CT molecular complexity index is 538. The number of carboxylic acid groups (broad SMARTS) is 1. The highest BCUT2D eigenvalue weighted by atomic mass is 35.5. The van der Waals surface area contributed by atoms with Gasteiger partial charge in [0.1, 0.15) is 0 Å². The molecule has 1 heterocycles. The highest BCUT2D eigenvalue weighted by Gasteiger charge is 2.12. The predicted molar refractivity (Wildman–Crippen MR) is 61.1 cm³/mol. The van der Waals surface area contributed by atoms with Gasteiger partial charge < -0.3 is 10.4 Å². The molecule has 0 aliphatic heterocycles. The Morgan fingerprint density at radius 3 is 2.93 bits per heavy atom. The summed E-state index contributed by atoms with van der Waals surface area (Å²) >= 11 is 7.26. The number of anilines is 1. The minimum atomic E-state index is -1.04. The largest absolute Gasteiger partial charge is 0.478 e. The third-order valence-corrected chi connectivity index (χ3v) is 3.27. The van der Waals surface area contributed by atoms with Crippen molar-refractivity contribution in [1.29, 1.82) is 0 Å². The van der Waals surface area contributed by atoms with Crippen molar-refractivity contribution in [2.24, 2.45) is 0 Å². The molecule has 15 heavy (non-hydrogen) atoms. The van der Waals surface area contributed by atoms with Crippen LogP contribution >= 0.6 is 22.9 Å². The molecule has 2 aromatic rings. The summed E-state index contributed by atoms with van der Waals surface area (Å²) in [7, 11) is 1.76. The number of hydrogen-bond acceptors (Lipinski definition) is 4. The standard InChI is InChI=1S/C9H7ClN2O2S/c1-11-9-12-6-2-4(8(13)14)5(10)3-7(6)15-9/h2-3H,1H3,(H,11,12)(H,13,14). The van der Waals surface area contributed by atoms with Crippen molar-refractivity contribution in [1.82, 2.24) is 4.98 Å². The number of aromatic nitrogens is 1. The lowest BCUT2D eigenvalue weighted by Crippen LogP contribution is -1.96. The third kappa shape index (κ3) is 1.75. The van der Waals surface area contributed by atoms with Gasteiger partial charge >= 0.3 is 5.97 Å². The van der Waals surface area contributed by atoms with Crippen LogP contribution in [-0.4, -0.2) is 23.1 Å². The van der Waals surface area contributed by atoms with Crippen LogP contribution < -0.4 is 5.32 Å². The molecule has 0 unspecified atom stereocenters. The van der Waals surface area contributed by atoms with Crippen molar-refractivity contribution >= 4 is 44.3 Å². The number of benzene rings is 1. The van der Waals surface area contributed by atoms with E-state index in [1.807, 2.05) is 0 Å². The van der Waals surface area contributed by atoms with E-state index in [1.165, 1.54) is 17.4 Å². The van der Waals surface area contributed by atoms with Crippen molar-refractivity contribution in [2.75, 3.05) is 12.4 Å². The molecule has 0 bridgehead atoms. The SMILES string of the molecule is CNc1nc2cc(C(=O)O)c(Cl)cc2s1. The summed E-state index contributed by atoms with van der Waals surface area (Å²) in [6, 6.07) is 3.11. The van der Waals surface area contributed by atoms with Gasteiger partial charge in [0.2, 0.25) is 0 Å². The van der Waals surface area contributed by atoms with E-state index < -0.39 is 5.97 Å². The van der Waals surface area contributed by atoms with Gasteiger partial charge in [-0.05, 0) is 12.1 Å². The number of carbonyl (C=O) groups is 1. The molecule has 78 valence electrons. The fourth-order valence-corrected chi connectivity index (χ4v) is 2.37. The second-order valence-corrected chi connectivity index (χ2v) is 4.31. The fourth-order valence-electron chi connectivity index (χ4n) is 1.22. The normalized spacial score (nSPS) is 10.5. The van der Waals surface area contributed by atoms with Crippen molar-refractivity contribution in [3.05, 3.63) is 22.7 Å². The molecule has 2 rings (SSSR count). The maximum absolute atomic E-state index is 10.8. The number of nitrogens with one attached hydrogen (secondary N) is 1. The van der Waals surface area contributed by atoms with E-state index in [0.717, 1.165) is 9.83 Å². The zero-order valence-corrected chi connectivity index (χ0v) is 9.32. The molecule has 0 aliphatic carbocycles. The molecule has 0 saturated carbocycles. The lowest BCUT2D eigenvalue weighted by Gasteiger charge is -1.96. The van der Waals surface area contributed by atoms with Crippen molar-refractivity contribution in [3.63, 3.8) is 0 Å². The molecule has 0 aliphatic rings. The van der Waals surface area contributed by atoms with Gasteiger partial charge in [-0.3, -0.25) is 0 Å². The highest BCUT2D eigenvalue weighted by molar-refractivity contribution is 7.22. The van der Waals surface area contributed by atoms with Gasteiger partial charge in [0.15, 0.2) is 5.13 Å². The average molecular weight is 243 g/mol. The Kier molecular flexibility index (Phi) is 2.50. The first-order valence-corrected chi connectivity index (χ1v) is 5.32. The lowest BCUT2D eigenvalue weighted by atomic mass is 10.2. The lowest BCUT2D eigenvalue weighted by molar-refractivity contribution is 0.0697. The van der Waals surface area contributed by atoms with E-state index in [2.05, 4.69) is 10.3 Å². The van der Waals surface area contributed by atoms with Crippen LogP contribution in [0, 0.1) is 0 Å². The number of fused-ring (bicyclic) bond motifs is 1. The minimum absolute atomic E-state index is 0.0807. The number of thiazole rings is 1. The molecular formula is C9H7ClN2O2S. The molecule has 1 aromatic carbocycles. The molecule has 0 radical (unpaired) electrons. The molecule has 6 heteroatoms. The Morgan fingerprint density at radius 1 is 1.60 bits per heavy atom. The summed E-state index contributed by atoms with van der Waals surface area (Å²) in [6.45, 7) is 0. The van der Waals surface area contributed by atoms with E-state index in [1.54, 1.807) is 13.1 Å². The molecule has 0 amide bonds. The molecule has 2 N–H and O–H groups in total. The summed E-state index contributed by atoms with van der Waals surface area (Å²) in [6.07, 6.45) is 0. The van der Waals surface area contributed by atoms with E-state index in [0.29, 0.717) is 5.52 Å². The van der Waals surface area contributed by atoms with Gasteiger partial charge in [0.05, 0.1) is 20.8 Å². The number of rotatable bonds is 2. The second kappa shape index (κ2) is 3.67. The second-order valence-electron chi connectivity index (χ2n) is 2.87. The maximum Gasteiger partial charge on any atom is 0.337 e. The van der Waals surface area contributed by atoms with Gasteiger partial charge in [0, 0.05) is 7.05 Å². The van der Waals surface area contributed by atoms with Crippen LogP contribution in [0.4, 0.5) is 5.13 Å². The maximum atomic E-state index is 10.8. The van der Waals surface area contributed by atoms with Crippen molar-refractivity contribution < 1.29 is 9.90 Å². The van der Waals surface area contributed by atoms with Crippen LogP contribution in [0.2, 0.25) is 5.02 Å². The first-order valence-electron chi connectivity index (χ1n) is 4.13. The summed E-state index contributed by atoms with van der Waals surface area (Å²) < 4.78 is 0.870. The van der Waals surface area contributed by atoms with Gasteiger partial charge in [-0.15, -0.1) is 0 Å². The van der Waals surface area contributed by atoms with Gasteiger partial charge in [-0.25, -0.2) is 9.78 Å². The molecule has 1 aromatic heterocycles. The van der Waals surface area contributed by atoms with Crippen LogP contribution in [0.25, 0.3) is 10.2 Å². The molecule has 0 atom stereocenters. The summed E-state index contributed by atoms with van der Waals surface area (Å²) in [5.41, 5.74) is 0.725. The molecule has 0 fully saturated rings. The van der Waals surface area contributed by atoms with Crippen LogP contribution in [-0.2, 0) is 0 Å². The van der Waals surface area contributed by atoms with E-state index in [-0.39, 0.29) is 10.6 Å². The molecule has 4 nitrogen and oxygen atoms in total. The van der Waals surface area contributed by atoms with E-state index in [4.69, 9.17) is 16.7 Å². The first kappa shape index (κ1) is 10.2. The number of aromatic carboxylic acids is 1. The van der Waals surface area contributed by atoms with Crippen LogP contribution in [0.1, 0.15) is 10.4 Å². The quantitative estimate of drug-likeness (QED) is 0.850. The smallest absolute Gasteiger partial charge is 0.337 e. The zero-order valence-electron chi connectivity index (χ0n) is 7.74. The van der Waals surface area contributed by atoms with E-state index in [9.17, 15) is 4.79 Å². The van der Waals surface area contributed by atoms with E-state index >= 15 is 0 Å². The third-order valence-electron chi connectivity index (χ3n) is 1.92. The first-order chi connectivity index (χ1) is 7.11. The molecule has 0 saturated heterocycles. The predicted octanol–water partition coefficient (Wildman–Crippen LogP) is 2.69. The van der Waals surface area contributed by atoms with Crippen molar-refractivity contribution in [3.8, 4) is 0 Å². The van der Waals surface area contributed by atoms with Crippen LogP contribution in [0.15, 0.2) is 12.1 Å². The zero-order chi connectivity index (χ0) is 11.0. The van der Waals surface area contributed by atoms with Gasteiger partial charge in [-0.1, -0.05) is 22.9 Å². The van der Waals surface area contributed by atoms with Gasteiger partial charge in [0.25, 0.3) is 0 Å². The van der Waals surface area contributed by atoms with Crippen molar-refractivity contribution in [2.45, 2.75) is 0 Å². The number of halogens is 1. The number of carboxylic acids is 1.